The van der Waals surface area contributed by atoms with Crippen molar-refractivity contribution < 1.29 is 35.9 Å². The largest absolute Gasteiger partial charge is 0.384 e. The van der Waals surface area contributed by atoms with E-state index in [4.69, 9.17) is 9.47 Å². The molecule has 6 heterocycles. The Kier molecular flexibility index (Phi) is 16.9. The first kappa shape index (κ1) is 50.3. The number of anilines is 3. The zero-order chi connectivity index (χ0) is 48.3. The number of nitrogens with zero attached hydrogens (tertiary/aromatic N) is 11. The molecule has 0 spiro atoms. The number of hydrogen-bond acceptors (Lipinski definition) is 14. The molecule has 6 aromatic rings. The quantitative estimate of drug-likeness (QED) is 0.122. The first-order valence-electron chi connectivity index (χ1n) is 21.2. The van der Waals surface area contributed by atoms with Crippen LogP contribution in [0, 0.1) is 0 Å². The predicted octanol–water partition coefficient (Wildman–Crippen LogP) is 6.11. The minimum Gasteiger partial charge on any atom is -0.384 e. The average Bonchev–Trinajstić information content (AvgIpc) is 4.16. The number of methoxy groups -OCH3 is 2. The molecule has 23 heteroatoms. The highest BCUT2D eigenvalue weighted by Crippen LogP contribution is 2.28. The standard InChI is InChI=1S/C22H26N6O4S.C13H16N6O.C9H11BrO3S/c1-16(2)28-15-23-25-21(28)19-5-4-6-20(24-19)27-12-11-26(22(27)29)17-7-9-18(10-8-17)33(30,31)14-13-32-3;1-9(2)19-8-15-17-12(19)10-4-3-5-11(16-10)18-7-6-14-13(18)20;1-13-6-7-14(11,12)9-4-2-8(10)3-5-9/h4-10,15-16H,11-14H2,1-3H3;3-5,8-9H,6-7H2,1-2H3,(H,14,20);2-5H,6-7H2,1H3. The van der Waals surface area contributed by atoms with Crippen LogP contribution >= 0.6 is 15.9 Å². The fourth-order valence-electron chi connectivity index (χ4n) is 6.78. The Morgan fingerprint density at radius 1 is 0.627 bits per heavy atom. The van der Waals surface area contributed by atoms with Gasteiger partial charge in [-0.3, -0.25) is 14.7 Å². The monoisotopic (exact) mass is 1020 g/mol. The molecule has 67 heavy (non-hydrogen) atoms. The van der Waals surface area contributed by atoms with Gasteiger partial charge in [0.15, 0.2) is 31.3 Å². The summed E-state index contributed by atoms with van der Waals surface area (Å²) >= 11 is 3.25. The molecule has 0 atom stereocenters. The van der Waals surface area contributed by atoms with Gasteiger partial charge in [0.2, 0.25) is 0 Å². The fourth-order valence-corrected chi connectivity index (χ4v) is 9.39. The van der Waals surface area contributed by atoms with E-state index in [0.29, 0.717) is 71.4 Å². The third kappa shape index (κ3) is 12.5. The van der Waals surface area contributed by atoms with Crippen molar-refractivity contribution in [2.75, 3.05) is 79.8 Å². The van der Waals surface area contributed by atoms with Crippen LogP contribution in [0.25, 0.3) is 23.0 Å². The molecule has 0 saturated carbocycles. The lowest BCUT2D eigenvalue weighted by molar-refractivity contribution is 0.217. The molecule has 0 aliphatic carbocycles. The van der Waals surface area contributed by atoms with Crippen LogP contribution in [0.3, 0.4) is 0 Å². The lowest BCUT2D eigenvalue weighted by Crippen LogP contribution is -2.32. The molecule has 4 amide bonds. The molecule has 1 N–H and O–H groups in total. The topological polar surface area (TPSA) is 230 Å². The van der Waals surface area contributed by atoms with Gasteiger partial charge in [0.25, 0.3) is 0 Å². The molecule has 0 unspecified atom stereocenters. The van der Waals surface area contributed by atoms with Crippen molar-refractivity contribution in [2.45, 2.75) is 49.6 Å². The van der Waals surface area contributed by atoms with Crippen molar-refractivity contribution in [1.29, 1.82) is 0 Å². The summed E-state index contributed by atoms with van der Waals surface area (Å²) < 4.78 is 62.2. The Morgan fingerprint density at radius 2 is 1.09 bits per heavy atom. The second-order valence-corrected chi connectivity index (χ2v) is 20.7. The van der Waals surface area contributed by atoms with Crippen LogP contribution in [-0.4, -0.2) is 134 Å². The third-order valence-electron chi connectivity index (χ3n) is 10.4. The Labute approximate surface area is 398 Å². The number of hydrogen-bond donors (Lipinski definition) is 1. The second kappa shape index (κ2) is 22.6. The maximum atomic E-state index is 13.1. The molecule has 2 saturated heterocycles. The number of nitrogens with one attached hydrogen (secondary N) is 1. The van der Waals surface area contributed by atoms with E-state index in [1.807, 2.05) is 53.3 Å². The SMILES string of the molecule is CC(C)n1cnnc1-c1cccc(N2CCNC2=O)n1.COCCS(=O)(=O)c1ccc(Br)cc1.COCCS(=O)(=O)c1ccc(N2CCN(c3cccc(-c4nncn4C(C)C)n3)C2=O)cc1. The van der Waals surface area contributed by atoms with Gasteiger partial charge >= 0.3 is 12.1 Å². The summed E-state index contributed by atoms with van der Waals surface area (Å²) in [5.74, 6) is 2.44. The van der Waals surface area contributed by atoms with Crippen LogP contribution in [0.2, 0.25) is 0 Å². The van der Waals surface area contributed by atoms with Crippen molar-refractivity contribution >= 4 is 65.0 Å². The van der Waals surface area contributed by atoms with Crippen LogP contribution in [-0.2, 0) is 29.1 Å². The first-order chi connectivity index (χ1) is 32.0. The van der Waals surface area contributed by atoms with Gasteiger partial charge in [-0.05, 0) is 100 Å². The summed E-state index contributed by atoms with van der Waals surface area (Å²) in [6, 6.07) is 24.0. The number of benzene rings is 2. The second-order valence-electron chi connectivity index (χ2n) is 15.6. The molecule has 20 nitrogen and oxygen atoms in total. The van der Waals surface area contributed by atoms with Gasteiger partial charge in [0.05, 0.1) is 34.5 Å². The van der Waals surface area contributed by atoms with E-state index >= 15 is 0 Å². The van der Waals surface area contributed by atoms with Crippen molar-refractivity contribution in [1.82, 2.24) is 44.8 Å². The number of ether oxygens (including phenoxy) is 2. The summed E-state index contributed by atoms with van der Waals surface area (Å²) in [5, 5.41) is 19.0. The molecule has 0 bridgehead atoms. The van der Waals surface area contributed by atoms with Crippen LogP contribution in [0.1, 0.15) is 39.8 Å². The number of amides is 4. The number of sulfone groups is 2. The van der Waals surface area contributed by atoms with Gasteiger partial charge in [-0.2, -0.15) is 0 Å². The van der Waals surface area contributed by atoms with Gasteiger partial charge in [0, 0.05) is 62.6 Å². The van der Waals surface area contributed by atoms with Gasteiger partial charge < -0.3 is 23.9 Å². The highest BCUT2D eigenvalue weighted by Gasteiger charge is 2.32. The summed E-state index contributed by atoms with van der Waals surface area (Å²) in [6.07, 6.45) is 3.35. The van der Waals surface area contributed by atoms with Gasteiger partial charge in [-0.1, -0.05) is 28.1 Å². The van der Waals surface area contributed by atoms with Crippen LogP contribution < -0.4 is 20.0 Å². The highest BCUT2D eigenvalue weighted by atomic mass is 79.9. The minimum atomic E-state index is -3.43. The number of pyridine rings is 2. The Bertz CT molecular complexity index is 2840. The van der Waals surface area contributed by atoms with E-state index in [0.717, 1.165) is 4.47 Å². The summed E-state index contributed by atoms with van der Waals surface area (Å²) in [6.45, 7) is 10.7. The summed E-state index contributed by atoms with van der Waals surface area (Å²) in [4.78, 5) is 39.4. The summed E-state index contributed by atoms with van der Waals surface area (Å²) in [5.41, 5.74) is 1.98. The Morgan fingerprint density at radius 3 is 1.54 bits per heavy atom. The molecule has 0 radical (unpaired) electrons. The predicted molar refractivity (Wildman–Crippen MR) is 257 cm³/mol. The Balaban J connectivity index is 0.000000184. The molecule has 2 aromatic carbocycles. The fraction of sp³-hybridized carbons (Fsp3) is 0.364. The van der Waals surface area contributed by atoms with Gasteiger partial charge in [-0.25, -0.2) is 36.4 Å². The van der Waals surface area contributed by atoms with E-state index in [1.165, 1.54) is 26.4 Å². The normalized spacial score (nSPS) is 14.0. The van der Waals surface area contributed by atoms with Crippen molar-refractivity contribution in [3.8, 4) is 23.0 Å². The highest BCUT2D eigenvalue weighted by molar-refractivity contribution is 9.10. The number of urea groups is 2. The van der Waals surface area contributed by atoms with Gasteiger partial charge in [-0.15, -0.1) is 20.4 Å². The average molecular weight is 1020 g/mol. The molecule has 4 aromatic heterocycles. The van der Waals surface area contributed by atoms with E-state index in [-0.39, 0.29) is 53.8 Å². The van der Waals surface area contributed by atoms with Gasteiger partial charge in [0.1, 0.15) is 35.7 Å². The van der Waals surface area contributed by atoms with E-state index in [9.17, 15) is 26.4 Å². The number of aromatic nitrogens is 8. The van der Waals surface area contributed by atoms with Crippen LogP contribution in [0.15, 0.2) is 112 Å². The van der Waals surface area contributed by atoms with E-state index in [1.54, 1.807) is 69.8 Å². The van der Waals surface area contributed by atoms with Crippen molar-refractivity contribution in [3.63, 3.8) is 0 Å². The molecule has 2 aliphatic rings. The number of halogens is 1. The lowest BCUT2D eigenvalue weighted by Gasteiger charge is -2.19. The molecule has 8 rings (SSSR count). The van der Waals surface area contributed by atoms with Crippen molar-refractivity contribution in [2.24, 2.45) is 0 Å². The summed E-state index contributed by atoms with van der Waals surface area (Å²) in [7, 11) is -3.67. The number of rotatable bonds is 15. The molecule has 2 fully saturated rings. The Hall–Kier alpha value is -6.14. The maximum absolute atomic E-state index is 13.1. The maximum Gasteiger partial charge on any atom is 0.330 e. The van der Waals surface area contributed by atoms with Crippen LogP contribution in [0.5, 0.6) is 0 Å². The zero-order valence-electron chi connectivity index (χ0n) is 37.9. The number of carbonyl (C=O) groups excluding carboxylic acids is 2. The molecular formula is C44H53BrN12O8S2. The molecule has 2 aliphatic heterocycles. The minimum absolute atomic E-state index is 0.0190. The molecule has 356 valence electrons. The van der Waals surface area contributed by atoms with Crippen LogP contribution in [0.4, 0.5) is 26.9 Å². The molecular weight excluding hydrogens is 969 g/mol. The third-order valence-corrected chi connectivity index (χ3v) is 14.3. The number of carbonyl (C=O) groups is 2. The smallest absolute Gasteiger partial charge is 0.330 e. The van der Waals surface area contributed by atoms with E-state index < -0.39 is 19.7 Å². The van der Waals surface area contributed by atoms with Crippen molar-refractivity contribution in [3.05, 3.63) is 102 Å². The lowest BCUT2D eigenvalue weighted by atomic mass is 10.3. The van der Waals surface area contributed by atoms with E-state index in [2.05, 4.69) is 65.5 Å². The first-order valence-corrected chi connectivity index (χ1v) is 25.3. The zero-order valence-corrected chi connectivity index (χ0v) is 41.1.